The summed E-state index contributed by atoms with van der Waals surface area (Å²) in [6.07, 6.45) is -7.92. The minimum atomic E-state index is -6.47. The molecule has 0 bridgehead atoms. The van der Waals surface area contributed by atoms with Crippen molar-refractivity contribution >= 4 is 18.4 Å². The molecule has 0 amide bonds. The Kier molecular flexibility index (Phi) is 7.13. The standard InChI is InChI=1S/C8H10F7NO2.ClH/c1-2-18-5(17)3-4(16)6(9,10)7(11,12)8(13,14)15;/h4H,2-3,16H2,1H3;1H/t4-;/m1./s1. The molecule has 0 unspecified atom stereocenters. The van der Waals surface area contributed by atoms with Gasteiger partial charge in [-0.3, -0.25) is 4.79 Å². The number of carbonyl (C=O) groups is 1. The Morgan fingerprint density at radius 2 is 1.58 bits per heavy atom. The highest BCUT2D eigenvalue weighted by molar-refractivity contribution is 5.85. The van der Waals surface area contributed by atoms with Crippen LogP contribution in [0.3, 0.4) is 0 Å². The summed E-state index contributed by atoms with van der Waals surface area (Å²) in [5.41, 5.74) is 4.53. The Bertz CT molecular complexity index is 308. The topological polar surface area (TPSA) is 52.3 Å². The molecule has 0 radical (unpaired) electrons. The molecule has 0 saturated carbocycles. The molecule has 116 valence electrons. The van der Waals surface area contributed by atoms with Gasteiger partial charge >= 0.3 is 24.0 Å². The average molecular weight is 322 g/mol. The van der Waals surface area contributed by atoms with Crippen LogP contribution >= 0.6 is 12.4 Å². The molecule has 0 fully saturated rings. The Balaban J connectivity index is 0. The Morgan fingerprint density at radius 3 is 1.89 bits per heavy atom. The minimum absolute atomic E-state index is 0. The lowest BCUT2D eigenvalue weighted by Gasteiger charge is -2.31. The van der Waals surface area contributed by atoms with Gasteiger partial charge in [0, 0.05) is 0 Å². The van der Waals surface area contributed by atoms with Gasteiger partial charge in [-0.05, 0) is 6.92 Å². The largest absolute Gasteiger partial charge is 0.466 e. The number of halogens is 8. The zero-order valence-corrected chi connectivity index (χ0v) is 10.3. The second kappa shape index (κ2) is 6.60. The lowest BCUT2D eigenvalue weighted by molar-refractivity contribution is -0.358. The van der Waals surface area contributed by atoms with Crippen LogP contribution in [0.1, 0.15) is 13.3 Å². The molecule has 0 heterocycles. The van der Waals surface area contributed by atoms with Crippen LogP contribution < -0.4 is 5.73 Å². The van der Waals surface area contributed by atoms with Gasteiger partial charge in [-0.15, -0.1) is 12.4 Å². The molecule has 0 spiro atoms. The number of rotatable bonds is 5. The Labute approximate surface area is 109 Å². The van der Waals surface area contributed by atoms with Crippen LogP contribution in [0.4, 0.5) is 30.7 Å². The highest BCUT2D eigenvalue weighted by Gasteiger charge is 2.74. The molecule has 3 nitrogen and oxygen atoms in total. The second-order valence-electron chi connectivity index (χ2n) is 3.31. The fourth-order valence-electron chi connectivity index (χ4n) is 0.949. The van der Waals surface area contributed by atoms with Crippen molar-refractivity contribution in [3.8, 4) is 0 Å². The quantitative estimate of drug-likeness (QED) is 0.625. The van der Waals surface area contributed by atoms with Crippen LogP contribution in [0.15, 0.2) is 0 Å². The van der Waals surface area contributed by atoms with E-state index in [1.165, 1.54) is 6.92 Å². The summed E-state index contributed by atoms with van der Waals surface area (Å²) in [4.78, 5) is 10.7. The fourth-order valence-corrected chi connectivity index (χ4v) is 0.949. The van der Waals surface area contributed by atoms with Crippen molar-refractivity contribution in [2.45, 2.75) is 37.4 Å². The molecule has 0 aromatic heterocycles. The van der Waals surface area contributed by atoms with Gasteiger partial charge in [0.2, 0.25) is 0 Å². The Morgan fingerprint density at radius 1 is 1.16 bits per heavy atom. The zero-order valence-electron chi connectivity index (χ0n) is 9.44. The SMILES string of the molecule is CCOC(=O)C[C@@H](N)C(F)(F)C(F)(F)C(F)(F)F.Cl. The lowest BCUT2D eigenvalue weighted by Crippen LogP contribution is -2.60. The van der Waals surface area contributed by atoms with Crippen molar-refractivity contribution in [2.24, 2.45) is 5.73 Å². The highest BCUT2D eigenvalue weighted by atomic mass is 35.5. The normalized spacial score (nSPS) is 14.6. The number of hydrogen-bond acceptors (Lipinski definition) is 3. The number of nitrogens with two attached hydrogens (primary N) is 1. The summed E-state index contributed by atoms with van der Waals surface area (Å²) in [7, 11) is 0. The van der Waals surface area contributed by atoms with Crippen molar-refractivity contribution in [1.29, 1.82) is 0 Å². The fraction of sp³-hybridized carbons (Fsp3) is 0.875. The summed E-state index contributed by atoms with van der Waals surface area (Å²) in [5, 5.41) is 0. The van der Waals surface area contributed by atoms with E-state index in [0.717, 1.165) is 0 Å². The minimum Gasteiger partial charge on any atom is -0.466 e. The molecule has 11 heteroatoms. The molecular weight excluding hydrogens is 311 g/mol. The van der Waals surface area contributed by atoms with Crippen molar-refractivity contribution in [1.82, 2.24) is 0 Å². The van der Waals surface area contributed by atoms with E-state index in [1.54, 1.807) is 0 Å². The van der Waals surface area contributed by atoms with Gasteiger partial charge in [-0.25, -0.2) is 0 Å². The van der Waals surface area contributed by atoms with Crippen LogP contribution in [-0.4, -0.2) is 36.6 Å². The lowest BCUT2D eigenvalue weighted by atomic mass is 10.0. The summed E-state index contributed by atoms with van der Waals surface area (Å²) in [5.74, 6) is -13.3. The van der Waals surface area contributed by atoms with Crippen molar-refractivity contribution in [3.05, 3.63) is 0 Å². The van der Waals surface area contributed by atoms with Gasteiger partial charge in [0.25, 0.3) is 0 Å². The smallest absolute Gasteiger partial charge is 0.459 e. The number of alkyl halides is 7. The van der Waals surface area contributed by atoms with E-state index in [1.807, 2.05) is 0 Å². The monoisotopic (exact) mass is 321 g/mol. The molecule has 1 atom stereocenters. The molecular formula is C8H11ClF7NO2. The average Bonchev–Trinajstić information content (AvgIpc) is 2.15. The van der Waals surface area contributed by atoms with E-state index < -0.39 is 36.5 Å². The van der Waals surface area contributed by atoms with Crippen LogP contribution in [-0.2, 0) is 9.53 Å². The molecule has 0 aliphatic rings. The van der Waals surface area contributed by atoms with Crippen LogP contribution in [0, 0.1) is 0 Å². The molecule has 0 aliphatic carbocycles. The molecule has 0 aromatic carbocycles. The molecule has 0 saturated heterocycles. The van der Waals surface area contributed by atoms with E-state index in [9.17, 15) is 35.5 Å². The predicted molar refractivity (Wildman–Crippen MR) is 52.4 cm³/mol. The Hall–Kier alpha value is -0.770. The van der Waals surface area contributed by atoms with Gasteiger partial charge in [0.05, 0.1) is 19.1 Å². The van der Waals surface area contributed by atoms with Crippen molar-refractivity contribution < 1.29 is 40.3 Å². The number of hydrogen-bond donors (Lipinski definition) is 1. The third-order valence-electron chi connectivity index (χ3n) is 1.93. The summed E-state index contributed by atoms with van der Waals surface area (Å²) in [6, 6.07) is -3.01. The third kappa shape index (κ3) is 4.37. The molecule has 2 N–H and O–H groups in total. The molecule has 0 aliphatic heterocycles. The maximum Gasteiger partial charge on any atom is 0.459 e. The first-order valence-corrected chi connectivity index (χ1v) is 4.61. The second-order valence-corrected chi connectivity index (χ2v) is 3.31. The van der Waals surface area contributed by atoms with Crippen molar-refractivity contribution in [2.75, 3.05) is 6.61 Å². The van der Waals surface area contributed by atoms with Crippen LogP contribution in [0.5, 0.6) is 0 Å². The van der Waals surface area contributed by atoms with Crippen LogP contribution in [0.25, 0.3) is 0 Å². The summed E-state index contributed by atoms with van der Waals surface area (Å²) >= 11 is 0. The maximum absolute atomic E-state index is 12.9. The van der Waals surface area contributed by atoms with E-state index in [-0.39, 0.29) is 19.0 Å². The van der Waals surface area contributed by atoms with Gasteiger partial charge < -0.3 is 10.5 Å². The number of ether oxygens (including phenoxy) is 1. The van der Waals surface area contributed by atoms with E-state index in [4.69, 9.17) is 0 Å². The highest BCUT2D eigenvalue weighted by Crippen LogP contribution is 2.48. The van der Waals surface area contributed by atoms with E-state index in [0.29, 0.717) is 0 Å². The third-order valence-corrected chi connectivity index (χ3v) is 1.93. The van der Waals surface area contributed by atoms with Gasteiger partial charge in [0.1, 0.15) is 0 Å². The van der Waals surface area contributed by atoms with Gasteiger partial charge in [0.15, 0.2) is 0 Å². The number of carbonyl (C=O) groups excluding carboxylic acids is 1. The first-order chi connectivity index (χ1) is 7.88. The van der Waals surface area contributed by atoms with E-state index >= 15 is 0 Å². The molecule has 0 rings (SSSR count). The van der Waals surface area contributed by atoms with Crippen LogP contribution in [0.2, 0.25) is 0 Å². The first-order valence-electron chi connectivity index (χ1n) is 4.61. The molecule has 19 heavy (non-hydrogen) atoms. The summed E-state index contributed by atoms with van der Waals surface area (Å²) < 4.78 is 90.2. The van der Waals surface area contributed by atoms with Gasteiger partial charge in [-0.1, -0.05) is 0 Å². The first kappa shape index (κ1) is 20.5. The predicted octanol–water partition coefficient (Wildman–Crippen LogP) is 2.52. The van der Waals surface area contributed by atoms with E-state index in [2.05, 4.69) is 10.5 Å². The van der Waals surface area contributed by atoms with Gasteiger partial charge in [-0.2, -0.15) is 30.7 Å². The summed E-state index contributed by atoms with van der Waals surface area (Å²) in [6.45, 7) is 1.05. The maximum atomic E-state index is 12.9. The molecule has 0 aromatic rings. The zero-order chi connectivity index (χ0) is 14.8. The number of esters is 1. The van der Waals surface area contributed by atoms with Crippen molar-refractivity contribution in [3.63, 3.8) is 0 Å².